The molecule has 0 fully saturated rings. The Morgan fingerprint density at radius 3 is 2.56 bits per heavy atom. The summed E-state index contributed by atoms with van der Waals surface area (Å²) in [6, 6.07) is 7.70. The van der Waals surface area contributed by atoms with Gasteiger partial charge in [0.25, 0.3) is 0 Å². The van der Waals surface area contributed by atoms with Crippen molar-refractivity contribution in [3.63, 3.8) is 0 Å². The van der Waals surface area contributed by atoms with Gasteiger partial charge in [0.05, 0.1) is 6.42 Å². The van der Waals surface area contributed by atoms with Crippen LogP contribution in [0.15, 0.2) is 36.5 Å². The Morgan fingerprint density at radius 2 is 1.89 bits per heavy atom. The van der Waals surface area contributed by atoms with Gasteiger partial charge in [0.15, 0.2) is 5.78 Å². The molecule has 0 bridgehead atoms. The lowest BCUT2D eigenvalue weighted by Gasteiger charge is -2.20. The van der Waals surface area contributed by atoms with Gasteiger partial charge in [-0.15, -0.1) is 0 Å². The molecular weight excluding hydrogens is 250 g/mol. The maximum absolute atomic E-state index is 11.5. The lowest BCUT2D eigenvalue weighted by atomic mass is 10.1. The van der Waals surface area contributed by atoms with Gasteiger partial charge < -0.3 is 4.90 Å². The topological polar surface area (TPSA) is 37.4 Å². The SMILES string of the molecule is O=C1C=CN(CCCc2ccc(Cl)cc2)C(=O)C1. The summed E-state index contributed by atoms with van der Waals surface area (Å²) >= 11 is 5.81. The lowest BCUT2D eigenvalue weighted by Crippen LogP contribution is -2.31. The quantitative estimate of drug-likeness (QED) is 0.783. The summed E-state index contributed by atoms with van der Waals surface area (Å²) in [4.78, 5) is 24.1. The van der Waals surface area contributed by atoms with Gasteiger partial charge in [0, 0.05) is 17.8 Å². The molecule has 94 valence electrons. The van der Waals surface area contributed by atoms with Gasteiger partial charge in [-0.2, -0.15) is 0 Å². The van der Waals surface area contributed by atoms with Crippen LogP contribution in [0.25, 0.3) is 0 Å². The fourth-order valence-electron chi connectivity index (χ4n) is 1.87. The van der Waals surface area contributed by atoms with E-state index in [4.69, 9.17) is 11.6 Å². The van der Waals surface area contributed by atoms with Crippen LogP contribution in [-0.2, 0) is 16.0 Å². The van der Waals surface area contributed by atoms with Crippen LogP contribution < -0.4 is 0 Å². The molecule has 1 amide bonds. The molecule has 0 saturated heterocycles. The molecule has 1 aliphatic rings. The first-order valence-corrected chi connectivity index (χ1v) is 6.28. The zero-order chi connectivity index (χ0) is 13.0. The van der Waals surface area contributed by atoms with E-state index in [-0.39, 0.29) is 18.1 Å². The second kappa shape index (κ2) is 5.83. The third-order valence-electron chi connectivity index (χ3n) is 2.86. The predicted octanol–water partition coefficient (Wildman–Crippen LogP) is 2.59. The van der Waals surface area contributed by atoms with E-state index >= 15 is 0 Å². The number of carbonyl (C=O) groups is 2. The molecule has 0 saturated carbocycles. The summed E-state index contributed by atoms with van der Waals surface area (Å²) in [6.07, 6.45) is 4.80. The summed E-state index contributed by atoms with van der Waals surface area (Å²) in [5.41, 5.74) is 1.20. The van der Waals surface area contributed by atoms with Crippen LogP contribution in [0.1, 0.15) is 18.4 Å². The van der Waals surface area contributed by atoms with Crippen molar-refractivity contribution in [2.45, 2.75) is 19.3 Å². The molecule has 2 rings (SSSR count). The number of hydrogen-bond acceptors (Lipinski definition) is 2. The number of ketones is 1. The van der Waals surface area contributed by atoms with Gasteiger partial charge in [-0.1, -0.05) is 23.7 Å². The van der Waals surface area contributed by atoms with Gasteiger partial charge in [-0.25, -0.2) is 0 Å². The smallest absolute Gasteiger partial charge is 0.234 e. The number of nitrogens with zero attached hydrogens (tertiary/aromatic N) is 1. The Hall–Kier alpha value is -1.61. The molecule has 4 heteroatoms. The number of allylic oxidation sites excluding steroid dienone is 1. The maximum atomic E-state index is 11.5. The van der Waals surface area contributed by atoms with E-state index in [1.165, 1.54) is 11.6 Å². The van der Waals surface area contributed by atoms with Crippen molar-refractivity contribution >= 4 is 23.3 Å². The van der Waals surface area contributed by atoms with Gasteiger partial charge in [-0.05, 0) is 36.6 Å². The second-order valence-electron chi connectivity index (χ2n) is 4.28. The van der Waals surface area contributed by atoms with Gasteiger partial charge in [-0.3, -0.25) is 9.59 Å². The van der Waals surface area contributed by atoms with E-state index in [1.807, 2.05) is 24.3 Å². The molecule has 1 aromatic carbocycles. The van der Waals surface area contributed by atoms with Crippen LogP contribution in [0.4, 0.5) is 0 Å². The van der Waals surface area contributed by atoms with E-state index in [0.29, 0.717) is 6.54 Å². The zero-order valence-electron chi connectivity index (χ0n) is 9.93. The summed E-state index contributed by atoms with van der Waals surface area (Å²) in [5.74, 6) is -0.229. The van der Waals surface area contributed by atoms with Crippen LogP contribution >= 0.6 is 11.6 Å². The molecule has 0 N–H and O–H groups in total. The van der Waals surface area contributed by atoms with Crippen LogP contribution in [0.2, 0.25) is 5.02 Å². The average Bonchev–Trinajstić information content (AvgIpc) is 2.34. The molecular formula is C14H14ClNO2. The summed E-state index contributed by atoms with van der Waals surface area (Å²) in [7, 11) is 0. The van der Waals surface area contributed by atoms with Crippen LogP contribution in [0.5, 0.6) is 0 Å². The molecule has 0 aliphatic carbocycles. The molecule has 0 radical (unpaired) electrons. The minimum Gasteiger partial charge on any atom is -0.319 e. The van der Waals surface area contributed by atoms with Gasteiger partial charge >= 0.3 is 0 Å². The molecule has 0 unspecified atom stereocenters. The van der Waals surface area contributed by atoms with E-state index in [1.54, 1.807) is 11.1 Å². The number of carbonyl (C=O) groups excluding carboxylic acids is 2. The largest absolute Gasteiger partial charge is 0.319 e. The molecule has 0 aromatic heterocycles. The Kier molecular flexibility index (Phi) is 4.15. The summed E-state index contributed by atoms with van der Waals surface area (Å²) in [5, 5.41) is 0.728. The van der Waals surface area contributed by atoms with E-state index in [9.17, 15) is 9.59 Å². The van der Waals surface area contributed by atoms with Crippen molar-refractivity contribution in [2.75, 3.05) is 6.54 Å². The first-order valence-electron chi connectivity index (χ1n) is 5.90. The third kappa shape index (κ3) is 3.44. The van der Waals surface area contributed by atoms with Crippen molar-refractivity contribution < 1.29 is 9.59 Å². The molecule has 1 aromatic rings. The molecule has 0 atom stereocenters. The summed E-state index contributed by atoms with van der Waals surface area (Å²) in [6.45, 7) is 0.644. The highest BCUT2D eigenvalue weighted by Crippen LogP contribution is 2.12. The minimum atomic E-state index is -0.117. The third-order valence-corrected chi connectivity index (χ3v) is 3.12. The maximum Gasteiger partial charge on any atom is 0.234 e. The zero-order valence-corrected chi connectivity index (χ0v) is 10.7. The standard InChI is InChI=1S/C14H14ClNO2/c15-12-5-3-11(4-6-12)2-1-8-16-9-7-13(17)10-14(16)18/h3-7,9H,1-2,8,10H2. The molecule has 1 aliphatic heterocycles. The molecule has 0 spiro atoms. The fraction of sp³-hybridized carbons (Fsp3) is 0.286. The predicted molar refractivity (Wildman–Crippen MR) is 70.3 cm³/mol. The van der Waals surface area contributed by atoms with Crippen LogP contribution in [-0.4, -0.2) is 23.1 Å². The molecule has 3 nitrogen and oxygen atoms in total. The minimum absolute atomic E-state index is 0.00253. The number of rotatable bonds is 4. The van der Waals surface area contributed by atoms with Crippen LogP contribution in [0.3, 0.4) is 0 Å². The Bertz CT molecular complexity index is 479. The highest BCUT2D eigenvalue weighted by atomic mass is 35.5. The average molecular weight is 264 g/mol. The van der Waals surface area contributed by atoms with Gasteiger partial charge in [0.2, 0.25) is 5.91 Å². The highest BCUT2D eigenvalue weighted by Gasteiger charge is 2.18. The van der Waals surface area contributed by atoms with Crippen molar-refractivity contribution in [1.29, 1.82) is 0 Å². The monoisotopic (exact) mass is 263 g/mol. The molecule has 18 heavy (non-hydrogen) atoms. The molecule has 1 heterocycles. The highest BCUT2D eigenvalue weighted by molar-refractivity contribution is 6.30. The van der Waals surface area contributed by atoms with Crippen molar-refractivity contribution in [3.8, 4) is 0 Å². The number of amides is 1. The summed E-state index contributed by atoms with van der Waals surface area (Å²) < 4.78 is 0. The number of benzene rings is 1. The fourth-order valence-corrected chi connectivity index (χ4v) is 2.00. The van der Waals surface area contributed by atoms with E-state index in [0.717, 1.165) is 17.9 Å². The van der Waals surface area contributed by atoms with Crippen molar-refractivity contribution in [3.05, 3.63) is 47.1 Å². The van der Waals surface area contributed by atoms with Crippen molar-refractivity contribution in [2.24, 2.45) is 0 Å². The number of halogens is 1. The Balaban J connectivity index is 1.82. The van der Waals surface area contributed by atoms with Gasteiger partial charge in [0.1, 0.15) is 0 Å². The first-order chi connectivity index (χ1) is 8.65. The second-order valence-corrected chi connectivity index (χ2v) is 4.71. The Morgan fingerprint density at radius 1 is 1.17 bits per heavy atom. The normalized spacial score (nSPS) is 15.3. The first kappa shape index (κ1) is 12.8. The van der Waals surface area contributed by atoms with Crippen molar-refractivity contribution in [1.82, 2.24) is 4.90 Å². The van der Waals surface area contributed by atoms with Crippen LogP contribution in [0, 0.1) is 0 Å². The number of aryl methyl sites for hydroxylation is 1. The number of hydrogen-bond donors (Lipinski definition) is 0. The van der Waals surface area contributed by atoms with E-state index in [2.05, 4.69) is 0 Å². The van der Waals surface area contributed by atoms with E-state index < -0.39 is 0 Å². The Labute approximate surface area is 111 Å². The lowest BCUT2D eigenvalue weighted by molar-refractivity contribution is -0.133.